The van der Waals surface area contributed by atoms with Crippen LogP contribution in [0.5, 0.6) is 0 Å². The molecule has 0 fully saturated rings. The summed E-state index contributed by atoms with van der Waals surface area (Å²) in [6, 6.07) is 17.8. The van der Waals surface area contributed by atoms with Gasteiger partial charge in [0.2, 0.25) is 0 Å². The van der Waals surface area contributed by atoms with Gasteiger partial charge in [-0.3, -0.25) is 9.20 Å². The molecule has 0 aliphatic heterocycles. The monoisotopic (exact) mass is 307 g/mol. The van der Waals surface area contributed by atoms with E-state index in [1.807, 2.05) is 36.4 Å². The maximum atomic E-state index is 12.1. The molecule has 1 unspecified atom stereocenters. The Balaban J connectivity index is 1.83. The van der Waals surface area contributed by atoms with Gasteiger partial charge in [0.05, 0.1) is 5.69 Å². The highest BCUT2D eigenvalue weighted by Crippen LogP contribution is 2.21. The minimum atomic E-state index is -0.0480. The van der Waals surface area contributed by atoms with Crippen molar-refractivity contribution in [2.45, 2.75) is 26.4 Å². The van der Waals surface area contributed by atoms with Crippen molar-refractivity contribution >= 4 is 5.65 Å². The number of fused-ring (bicyclic) bond motifs is 1. The van der Waals surface area contributed by atoms with Gasteiger partial charge >= 0.3 is 0 Å². The van der Waals surface area contributed by atoms with Crippen LogP contribution in [-0.4, -0.2) is 9.38 Å². The summed E-state index contributed by atoms with van der Waals surface area (Å²) in [7, 11) is 0. The zero-order valence-electron chi connectivity index (χ0n) is 13.4. The summed E-state index contributed by atoms with van der Waals surface area (Å²) < 4.78 is 1.56. The molecule has 23 heavy (non-hydrogen) atoms. The Morgan fingerprint density at radius 3 is 2.57 bits per heavy atom. The minimum Gasteiger partial charge on any atom is -0.304 e. The predicted molar refractivity (Wildman–Crippen MR) is 92.3 cm³/mol. The molecule has 3 rings (SSSR count). The summed E-state index contributed by atoms with van der Waals surface area (Å²) in [5, 5.41) is 3.53. The van der Waals surface area contributed by atoms with Crippen molar-refractivity contribution in [2.24, 2.45) is 5.92 Å². The molecule has 4 heteroatoms. The van der Waals surface area contributed by atoms with E-state index in [1.165, 1.54) is 5.56 Å². The van der Waals surface area contributed by atoms with Gasteiger partial charge in [-0.15, -0.1) is 0 Å². The molecule has 0 radical (unpaired) electrons. The first kappa shape index (κ1) is 15.4. The van der Waals surface area contributed by atoms with Crippen molar-refractivity contribution in [1.29, 1.82) is 0 Å². The minimum absolute atomic E-state index is 0.0480. The van der Waals surface area contributed by atoms with Crippen LogP contribution in [-0.2, 0) is 6.54 Å². The van der Waals surface area contributed by atoms with E-state index in [0.29, 0.717) is 18.1 Å². The average Bonchev–Trinajstić information content (AvgIpc) is 2.56. The maximum Gasteiger partial charge on any atom is 0.258 e. The van der Waals surface area contributed by atoms with Gasteiger partial charge in [0.1, 0.15) is 5.65 Å². The Morgan fingerprint density at radius 1 is 1.09 bits per heavy atom. The predicted octanol–water partition coefficient (Wildman–Crippen LogP) is 3.18. The molecule has 0 saturated heterocycles. The van der Waals surface area contributed by atoms with Crippen molar-refractivity contribution < 1.29 is 0 Å². The van der Waals surface area contributed by atoms with E-state index in [9.17, 15) is 4.79 Å². The molecule has 2 heterocycles. The lowest BCUT2D eigenvalue weighted by Gasteiger charge is -2.23. The molecular formula is C19H21N3O. The van der Waals surface area contributed by atoms with Crippen LogP contribution in [0.4, 0.5) is 0 Å². The molecule has 0 amide bonds. The Hall–Kier alpha value is -2.46. The van der Waals surface area contributed by atoms with Crippen LogP contribution in [0, 0.1) is 5.92 Å². The molecule has 3 aromatic rings. The Bertz CT molecular complexity index is 840. The fourth-order valence-corrected chi connectivity index (χ4v) is 2.81. The second kappa shape index (κ2) is 6.75. The summed E-state index contributed by atoms with van der Waals surface area (Å²) in [4.78, 5) is 16.7. The summed E-state index contributed by atoms with van der Waals surface area (Å²) in [6.07, 6.45) is 1.74. The fourth-order valence-electron chi connectivity index (χ4n) is 2.81. The van der Waals surface area contributed by atoms with Gasteiger partial charge in [-0.1, -0.05) is 50.2 Å². The van der Waals surface area contributed by atoms with E-state index in [2.05, 4.69) is 36.3 Å². The number of rotatable bonds is 5. The van der Waals surface area contributed by atoms with Crippen LogP contribution < -0.4 is 10.9 Å². The van der Waals surface area contributed by atoms with E-state index in [0.717, 1.165) is 5.69 Å². The summed E-state index contributed by atoms with van der Waals surface area (Å²) in [5.74, 6) is 0.443. The van der Waals surface area contributed by atoms with Crippen LogP contribution >= 0.6 is 0 Å². The Labute approximate surface area is 135 Å². The van der Waals surface area contributed by atoms with Crippen LogP contribution in [0.1, 0.15) is 31.1 Å². The largest absolute Gasteiger partial charge is 0.304 e. The van der Waals surface area contributed by atoms with Gasteiger partial charge in [-0.2, -0.15) is 0 Å². The number of nitrogens with one attached hydrogen (secondary N) is 1. The van der Waals surface area contributed by atoms with Crippen molar-refractivity contribution in [3.8, 4) is 0 Å². The van der Waals surface area contributed by atoms with E-state index in [1.54, 1.807) is 16.7 Å². The second-order valence-electron chi connectivity index (χ2n) is 6.03. The molecule has 4 nitrogen and oxygen atoms in total. The Morgan fingerprint density at radius 2 is 1.83 bits per heavy atom. The third kappa shape index (κ3) is 3.48. The zero-order chi connectivity index (χ0) is 16.2. The van der Waals surface area contributed by atoms with Crippen LogP contribution in [0.25, 0.3) is 5.65 Å². The van der Waals surface area contributed by atoms with Gasteiger partial charge in [0, 0.05) is 24.8 Å². The van der Waals surface area contributed by atoms with E-state index in [-0.39, 0.29) is 11.6 Å². The topological polar surface area (TPSA) is 46.4 Å². The first-order chi connectivity index (χ1) is 11.1. The number of benzene rings is 1. The highest BCUT2D eigenvalue weighted by atomic mass is 16.1. The van der Waals surface area contributed by atoms with E-state index in [4.69, 9.17) is 0 Å². The molecule has 1 N–H and O–H groups in total. The third-order valence-corrected chi connectivity index (χ3v) is 3.95. The standard InChI is InChI=1S/C19H21N3O/c1-14(2)19(15-8-4-3-5-9-15)20-13-16-12-18(23)22-11-7-6-10-17(22)21-16/h3-12,14,19-20H,13H2,1-2H3. The van der Waals surface area contributed by atoms with Crippen LogP contribution in [0.2, 0.25) is 0 Å². The van der Waals surface area contributed by atoms with Gasteiger partial charge in [0.15, 0.2) is 0 Å². The highest BCUT2D eigenvalue weighted by molar-refractivity contribution is 5.38. The lowest BCUT2D eigenvalue weighted by Crippen LogP contribution is -2.27. The number of aromatic nitrogens is 2. The first-order valence-electron chi connectivity index (χ1n) is 7.91. The van der Waals surface area contributed by atoms with Gasteiger partial charge < -0.3 is 5.32 Å². The quantitative estimate of drug-likeness (QED) is 0.787. The highest BCUT2D eigenvalue weighted by Gasteiger charge is 2.15. The van der Waals surface area contributed by atoms with Crippen molar-refractivity contribution in [2.75, 3.05) is 0 Å². The molecule has 118 valence electrons. The van der Waals surface area contributed by atoms with Crippen molar-refractivity contribution in [3.63, 3.8) is 0 Å². The maximum absolute atomic E-state index is 12.1. The summed E-state index contributed by atoms with van der Waals surface area (Å²) in [5.41, 5.74) is 2.65. The normalized spacial score (nSPS) is 12.7. The smallest absolute Gasteiger partial charge is 0.258 e. The van der Waals surface area contributed by atoms with Crippen LogP contribution in [0.15, 0.2) is 65.6 Å². The number of hydrogen-bond donors (Lipinski definition) is 1. The second-order valence-corrected chi connectivity index (χ2v) is 6.03. The number of pyridine rings is 1. The average molecular weight is 307 g/mol. The van der Waals surface area contributed by atoms with Gasteiger partial charge in [-0.25, -0.2) is 4.98 Å². The molecule has 0 spiro atoms. The fraction of sp³-hybridized carbons (Fsp3) is 0.263. The molecule has 0 bridgehead atoms. The molecule has 1 aromatic carbocycles. The third-order valence-electron chi connectivity index (χ3n) is 3.95. The first-order valence-corrected chi connectivity index (χ1v) is 7.91. The molecule has 0 aliphatic carbocycles. The molecule has 0 aliphatic rings. The number of hydrogen-bond acceptors (Lipinski definition) is 3. The van der Waals surface area contributed by atoms with Crippen molar-refractivity contribution in [3.05, 3.63) is 82.4 Å². The van der Waals surface area contributed by atoms with E-state index < -0.39 is 0 Å². The molecule has 2 aromatic heterocycles. The van der Waals surface area contributed by atoms with E-state index >= 15 is 0 Å². The SMILES string of the molecule is CC(C)C(NCc1cc(=O)n2ccccc2n1)c1ccccc1. The summed E-state index contributed by atoms with van der Waals surface area (Å²) >= 11 is 0. The molecule has 1 atom stereocenters. The Kier molecular flexibility index (Phi) is 4.53. The molecule has 0 saturated carbocycles. The van der Waals surface area contributed by atoms with Crippen molar-refractivity contribution in [1.82, 2.24) is 14.7 Å². The number of nitrogens with zero attached hydrogens (tertiary/aromatic N) is 2. The molecular weight excluding hydrogens is 286 g/mol. The van der Waals surface area contributed by atoms with Crippen LogP contribution in [0.3, 0.4) is 0 Å². The van der Waals surface area contributed by atoms with Gasteiger partial charge in [0.25, 0.3) is 5.56 Å². The van der Waals surface area contributed by atoms with Gasteiger partial charge in [-0.05, 0) is 23.6 Å². The summed E-state index contributed by atoms with van der Waals surface area (Å²) in [6.45, 7) is 4.94. The zero-order valence-corrected chi connectivity index (χ0v) is 13.4. The lowest BCUT2D eigenvalue weighted by atomic mass is 9.96. The lowest BCUT2D eigenvalue weighted by molar-refractivity contribution is 0.408.